The Bertz CT molecular complexity index is 1270. The molecule has 2 heterocycles. The summed E-state index contributed by atoms with van der Waals surface area (Å²) in [5.41, 5.74) is 1.50. The van der Waals surface area contributed by atoms with Gasteiger partial charge in [0.05, 0.1) is 35.2 Å². The van der Waals surface area contributed by atoms with E-state index in [-0.39, 0.29) is 41.4 Å². The molecule has 1 amide bonds. The number of phenolic OH excluding ortho intramolecular Hbond substituents is 1. The number of methoxy groups -OCH3 is 2. The summed E-state index contributed by atoms with van der Waals surface area (Å²) in [6.45, 7) is 2.30. The molecule has 4 rings (SSSR count). The average molecular weight is 509 g/mol. The molecule has 0 radical (unpaired) electrons. The van der Waals surface area contributed by atoms with E-state index in [9.17, 15) is 14.7 Å². The number of nitrogens with zero attached hydrogens (tertiary/aromatic N) is 1. The third-order valence-corrected chi connectivity index (χ3v) is 6.38. The highest BCUT2D eigenvalue weighted by molar-refractivity contribution is 9.10. The van der Waals surface area contributed by atoms with E-state index in [1.807, 2.05) is 0 Å². The summed E-state index contributed by atoms with van der Waals surface area (Å²) in [7, 11) is 2.96. The number of aryl methyl sites for hydroxylation is 1. The molecule has 9 heteroatoms. The minimum Gasteiger partial charge on any atom is -0.503 e. The number of phenols is 1. The van der Waals surface area contributed by atoms with Gasteiger partial charge in [0, 0.05) is 18.7 Å². The number of fused-ring (bicyclic) bond motifs is 2. The molecule has 0 bridgehead atoms. The first-order chi connectivity index (χ1) is 14.8. The van der Waals surface area contributed by atoms with Crippen molar-refractivity contribution >= 4 is 44.4 Å². The second kappa shape index (κ2) is 8.18. The molecule has 0 saturated heterocycles. The highest BCUT2D eigenvalue weighted by atomic mass is 79.9. The summed E-state index contributed by atoms with van der Waals surface area (Å²) in [5.74, 6) is -0.289. The van der Waals surface area contributed by atoms with Crippen LogP contribution in [-0.4, -0.2) is 43.3 Å². The molecule has 7 nitrogen and oxygen atoms in total. The molecule has 162 valence electrons. The standard InChI is InChI=1S/C22H19BrClNO6/c1-10-6-15-12(9-14(10)24)19(26)17-18(11-7-13(23)20(27)16(8-11)30-3)25(4-5-29-2)22(28)21(17)31-15/h6-9,18,27H,4-5H2,1-3H3. The van der Waals surface area contributed by atoms with Crippen molar-refractivity contribution in [1.29, 1.82) is 0 Å². The molecule has 0 aliphatic carbocycles. The van der Waals surface area contributed by atoms with Gasteiger partial charge in [-0.3, -0.25) is 9.59 Å². The monoisotopic (exact) mass is 507 g/mol. The van der Waals surface area contributed by atoms with E-state index >= 15 is 0 Å². The van der Waals surface area contributed by atoms with Crippen molar-refractivity contribution in [2.45, 2.75) is 13.0 Å². The third kappa shape index (κ3) is 3.48. The Labute approximate surface area is 191 Å². The first kappa shape index (κ1) is 21.7. The van der Waals surface area contributed by atoms with E-state index in [4.69, 9.17) is 25.5 Å². The predicted octanol–water partition coefficient (Wildman–Crippen LogP) is 4.42. The van der Waals surface area contributed by atoms with Crippen molar-refractivity contribution in [1.82, 2.24) is 4.90 Å². The Morgan fingerprint density at radius 3 is 2.65 bits per heavy atom. The largest absolute Gasteiger partial charge is 0.503 e. The number of rotatable bonds is 5. The maximum atomic E-state index is 13.5. The molecule has 3 aromatic rings. The van der Waals surface area contributed by atoms with Crippen LogP contribution in [0.1, 0.15) is 33.3 Å². The van der Waals surface area contributed by atoms with Gasteiger partial charge in [-0.15, -0.1) is 0 Å². The summed E-state index contributed by atoms with van der Waals surface area (Å²) in [6, 6.07) is 5.71. The lowest BCUT2D eigenvalue weighted by atomic mass is 9.98. The van der Waals surface area contributed by atoms with Crippen molar-refractivity contribution in [3.63, 3.8) is 0 Å². The van der Waals surface area contributed by atoms with E-state index in [0.717, 1.165) is 5.56 Å². The Hall–Kier alpha value is -2.55. The molecule has 0 saturated carbocycles. The maximum absolute atomic E-state index is 13.5. The first-order valence-electron chi connectivity index (χ1n) is 9.41. The first-order valence-corrected chi connectivity index (χ1v) is 10.6. The molecule has 31 heavy (non-hydrogen) atoms. The van der Waals surface area contributed by atoms with Crippen LogP contribution in [0.15, 0.2) is 37.9 Å². The zero-order chi connectivity index (χ0) is 22.4. The highest BCUT2D eigenvalue weighted by Crippen LogP contribution is 2.43. The number of carbonyl (C=O) groups is 1. The fourth-order valence-electron chi connectivity index (χ4n) is 3.81. The zero-order valence-corrected chi connectivity index (χ0v) is 19.3. The summed E-state index contributed by atoms with van der Waals surface area (Å²) in [4.78, 5) is 28.3. The van der Waals surface area contributed by atoms with Crippen molar-refractivity contribution in [2.24, 2.45) is 0 Å². The molecule has 2 aromatic carbocycles. The van der Waals surface area contributed by atoms with E-state index in [1.165, 1.54) is 19.1 Å². The van der Waals surface area contributed by atoms with Crippen LogP contribution in [0, 0.1) is 6.92 Å². The average Bonchev–Trinajstić information content (AvgIpc) is 3.02. The lowest BCUT2D eigenvalue weighted by Gasteiger charge is -2.25. The molecule has 1 atom stereocenters. The van der Waals surface area contributed by atoms with Gasteiger partial charge in [-0.05, 0) is 58.2 Å². The molecule has 0 fully saturated rings. The van der Waals surface area contributed by atoms with Gasteiger partial charge >= 0.3 is 0 Å². The second-order valence-corrected chi connectivity index (χ2v) is 8.48. The van der Waals surface area contributed by atoms with Gasteiger partial charge in [-0.1, -0.05) is 11.6 Å². The number of hydrogen-bond donors (Lipinski definition) is 1. The normalized spacial score (nSPS) is 15.6. The van der Waals surface area contributed by atoms with Gasteiger partial charge in [0.2, 0.25) is 5.76 Å². The van der Waals surface area contributed by atoms with Crippen LogP contribution in [0.3, 0.4) is 0 Å². The van der Waals surface area contributed by atoms with Crippen molar-refractivity contribution in [3.8, 4) is 11.5 Å². The molecular weight excluding hydrogens is 490 g/mol. The van der Waals surface area contributed by atoms with E-state index in [0.29, 0.717) is 26.0 Å². The molecule has 1 aliphatic heterocycles. The molecule has 1 N–H and O–H groups in total. The van der Waals surface area contributed by atoms with Crippen LogP contribution in [0.2, 0.25) is 5.02 Å². The van der Waals surface area contributed by atoms with Crippen molar-refractivity contribution in [2.75, 3.05) is 27.4 Å². The topological polar surface area (TPSA) is 89.2 Å². The minimum absolute atomic E-state index is 0.0107. The SMILES string of the molecule is COCCN1C(=O)c2oc3cc(C)c(Cl)cc3c(=O)c2C1c1cc(Br)c(O)c(OC)c1. The van der Waals surface area contributed by atoms with Gasteiger partial charge in [0.1, 0.15) is 5.58 Å². The highest BCUT2D eigenvalue weighted by Gasteiger charge is 2.43. The van der Waals surface area contributed by atoms with Gasteiger partial charge in [-0.2, -0.15) is 0 Å². The van der Waals surface area contributed by atoms with Gasteiger partial charge in [0.15, 0.2) is 16.9 Å². The number of amides is 1. The van der Waals surface area contributed by atoms with Gasteiger partial charge in [-0.25, -0.2) is 0 Å². The van der Waals surface area contributed by atoms with Crippen LogP contribution < -0.4 is 10.2 Å². The number of benzene rings is 2. The number of carbonyl (C=O) groups excluding carboxylic acids is 1. The van der Waals surface area contributed by atoms with Gasteiger partial charge < -0.3 is 23.9 Å². The Kier molecular flexibility index (Phi) is 5.72. The lowest BCUT2D eigenvalue weighted by molar-refractivity contribution is 0.0663. The maximum Gasteiger partial charge on any atom is 0.290 e. The van der Waals surface area contributed by atoms with E-state index < -0.39 is 11.9 Å². The smallest absolute Gasteiger partial charge is 0.290 e. The van der Waals surface area contributed by atoms with Crippen LogP contribution in [0.4, 0.5) is 0 Å². The predicted molar refractivity (Wildman–Crippen MR) is 119 cm³/mol. The fourth-order valence-corrected chi connectivity index (χ4v) is 4.44. The number of ether oxygens (including phenoxy) is 2. The van der Waals surface area contributed by atoms with Crippen LogP contribution in [0.25, 0.3) is 11.0 Å². The Morgan fingerprint density at radius 2 is 1.97 bits per heavy atom. The number of aromatic hydroxyl groups is 1. The quantitative estimate of drug-likeness (QED) is 0.549. The fraction of sp³-hybridized carbons (Fsp3) is 0.273. The lowest BCUT2D eigenvalue weighted by Crippen LogP contribution is -2.32. The molecular formula is C22H19BrClNO6. The van der Waals surface area contributed by atoms with E-state index in [1.54, 1.807) is 31.2 Å². The third-order valence-electron chi connectivity index (χ3n) is 5.37. The summed E-state index contributed by atoms with van der Waals surface area (Å²) < 4.78 is 16.7. The number of halogens is 2. The van der Waals surface area contributed by atoms with Crippen LogP contribution >= 0.6 is 27.5 Å². The van der Waals surface area contributed by atoms with Gasteiger partial charge in [0.25, 0.3) is 5.91 Å². The van der Waals surface area contributed by atoms with Crippen molar-refractivity contribution in [3.05, 3.63) is 66.4 Å². The zero-order valence-electron chi connectivity index (χ0n) is 17.0. The van der Waals surface area contributed by atoms with E-state index in [2.05, 4.69) is 15.9 Å². The Balaban J connectivity index is 2.01. The molecule has 1 aliphatic rings. The molecule has 1 aromatic heterocycles. The molecule has 1 unspecified atom stereocenters. The second-order valence-electron chi connectivity index (χ2n) is 7.22. The Morgan fingerprint density at radius 1 is 1.23 bits per heavy atom. The number of hydrogen-bond acceptors (Lipinski definition) is 6. The summed E-state index contributed by atoms with van der Waals surface area (Å²) in [5, 5.41) is 10.9. The van der Waals surface area contributed by atoms with Crippen LogP contribution in [0.5, 0.6) is 11.5 Å². The summed E-state index contributed by atoms with van der Waals surface area (Å²) >= 11 is 9.55. The minimum atomic E-state index is -0.746. The summed E-state index contributed by atoms with van der Waals surface area (Å²) in [6.07, 6.45) is 0. The van der Waals surface area contributed by atoms with Crippen molar-refractivity contribution < 1.29 is 23.8 Å². The van der Waals surface area contributed by atoms with Crippen LogP contribution in [-0.2, 0) is 4.74 Å². The molecule has 0 spiro atoms.